The van der Waals surface area contributed by atoms with Crippen LogP contribution in [0.25, 0.3) is 0 Å². The number of hydrogen-bond acceptors (Lipinski definition) is 4. The van der Waals surface area contributed by atoms with E-state index in [0.29, 0.717) is 6.42 Å². The highest BCUT2D eigenvalue weighted by Crippen LogP contribution is 2.24. The van der Waals surface area contributed by atoms with Gasteiger partial charge in [0.05, 0.1) is 12.1 Å². The minimum Gasteiger partial charge on any atom is -0.406 e. The molecule has 21 heavy (non-hydrogen) atoms. The molecule has 4 nitrogen and oxygen atoms in total. The summed E-state index contributed by atoms with van der Waals surface area (Å²) in [6.45, 7) is 0.723. The molecule has 0 bridgehead atoms. The molecule has 0 amide bonds. The van der Waals surface area contributed by atoms with Crippen LogP contribution in [0, 0.1) is 0 Å². The summed E-state index contributed by atoms with van der Waals surface area (Å²) in [4.78, 5) is 0. The third kappa shape index (κ3) is 5.18. The quantitative estimate of drug-likeness (QED) is 0.648. The molecule has 1 heterocycles. The number of ether oxygens (including phenoxy) is 2. The number of alkyl halides is 3. The van der Waals surface area contributed by atoms with Crippen LogP contribution in [0.15, 0.2) is 24.3 Å². The average Bonchev–Trinajstić information content (AvgIpc) is 2.46. The summed E-state index contributed by atoms with van der Waals surface area (Å²) in [7, 11) is 0. The van der Waals surface area contributed by atoms with Gasteiger partial charge in [-0.25, -0.2) is 0 Å². The van der Waals surface area contributed by atoms with Gasteiger partial charge in [-0.15, -0.1) is 13.2 Å². The summed E-state index contributed by atoms with van der Waals surface area (Å²) in [5.41, 5.74) is 3.61. The van der Waals surface area contributed by atoms with Crippen molar-refractivity contribution in [3.8, 4) is 5.75 Å². The highest BCUT2D eigenvalue weighted by Gasteiger charge is 2.31. The fourth-order valence-electron chi connectivity index (χ4n) is 2.46. The molecular formula is C14H19F3N2O2. The zero-order valence-corrected chi connectivity index (χ0v) is 11.5. The SMILES string of the molecule is NNC(Cc1ccc(OC(F)(F)F)cc1)C1CCCCO1. The Hall–Kier alpha value is -1.31. The Morgan fingerprint density at radius 1 is 1.29 bits per heavy atom. The standard InChI is InChI=1S/C14H19F3N2O2/c15-14(16,17)21-11-6-4-10(5-7-11)9-12(19-18)13-3-1-2-8-20-13/h4-7,12-13,19H,1-3,8-9,18H2. The third-order valence-corrected chi connectivity index (χ3v) is 3.49. The van der Waals surface area contributed by atoms with Crippen molar-refractivity contribution in [2.45, 2.75) is 44.2 Å². The van der Waals surface area contributed by atoms with E-state index in [1.165, 1.54) is 12.1 Å². The van der Waals surface area contributed by atoms with Crippen LogP contribution < -0.4 is 16.0 Å². The van der Waals surface area contributed by atoms with Gasteiger partial charge in [0.2, 0.25) is 0 Å². The molecule has 2 atom stereocenters. The molecule has 7 heteroatoms. The minimum atomic E-state index is -4.67. The van der Waals surface area contributed by atoms with Crippen LogP contribution in [0.2, 0.25) is 0 Å². The number of nitrogens with two attached hydrogens (primary N) is 1. The monoisotopic (exact) mass is 304 g/mol. The number of rotatable bonds is 5. The number of nitrogens with one attached hydrogen (secondary N) is 1. The van der Waals surface area contributed by atoms with Crippen molar-refractivity contribution in [1.29, 1.82) is 0 Å². The van der Waals surface area contributed by atoms with E-state index in [2.05, 4.69) is 10.2 Å². The summed E-state index contributed by atoms with van der Waals surface area (Å²) in [5.74, 6) is 5.34. The zero-order valence-electron chi connectivity index (χ0n) is 11.5. The van der Waals surface area contributed by atoms with Gasteiger partial charge in [-0.1, -0.05) is 12.1 Å². The second kappa shape index (κ2) is 7.11. The Bertz CT molecular complexity index is 431. The first kappa shape index (κ1) is 16.1. The first-order valence-electron chi connectivity index (χ1n) is 6.90. The van der Waals surface area contributed by atoms with Gasteiger partial charge in [0.1, 0.15) is 5.75 Å². The van der Waals surface area contributed by atoms with Crippen molar-refractivity contribution in [2.75, 3.05) is 6.61 Å². The van der Waals surface area contributed by atoms with Gasteiger partial charge in [-0.2, -0.15) is 0 Å². The predicted octanol–water partition coefficient (Wildman–Crippen LogP) is 2.53. The van der Waals surface area contributed by atoms with Gasteiger partial charge in [0.25, 0.3) is 0 Å². The first-order chi connectivity index (χ1) is 9.98. The van der Waals surface area contributed by atoms with E-state index >= 15 is 0 Å². The van der Waals surface area contributed by atoms with E-state index in [4.69, 9.17) is 10.6 Å². The molecule has 0 aliphatic carbocycles. The van der Waals surface area contributed by atoms with Crippen LogP contribution in [-0.4, -0.2) is 25.1 Å². The Balaban J connectivity index is 1.94. The lowest BCUT2D eigenvalue weighted by Crippen LogP contribution is -2.47. The molecule has 1 fully saturated rings. The van der Waals surface area contributed by atoms with Gasteiger partial charge in [0.15, 0.2) is 0 Å². The normalized spacial score (nSPS) is 21.0. The Labute approximate surface area is 121 Å². The molecule has 1 aromatic carbocycles. The van der Waals surface area contributed by atoms with Crippen LogP contribution in [0.5, 0.6) is 5.75 Å². The van der Waals surface area contributed by atoms with Crippen molar-refractivity contribution in [1.82, 2.24) is 5.43 Å². The maximum absolute atomic E-state index is 12.1. The topological polar surface area (TPSA) is 56.5 Å². The molecule has 0 radical (unpaired) electrons. The maximum atomic E-state index is 12.1. The number of benzene rings is 1. The van der Waals surface area contributed by atoms with Crippen molar-refractivity contribution in [3.05, 3.63) is 29.8 Å². The molecule has 1 saturated heterocycles. The van der Waals surface area contributed by atoms with E-state index in [1.807, 2.05) is 0 Å². The van der Waals surface area contributed by atoms with E-state index < -0.39 is 6.36 Å². The first-order valence-corrected chi connectivity index (χ1v) is 6.90. The maximum Gasteiger partial charge on any atom is 0.573 e. The molecule has 2 unspecified atom stereocenters. The largest absolute Gasteiger partial charge is 0.573 e. The van der Waals surface area contributed by atoms with Crippen LogP contribution in [0.3, 0.4) is 0 Å². The molecule has 0 spiro atoms. The minimum absolute atomic E-state index is 0.0369. The molecule has 1 aliphatic rings. The second-order valence-electron chi connectivity index (χ2n) is 5.07. The van der Waals surface area contributed by atoms with E-state index in [1.54, 1.807) is 12.1 Å². The molecule has 1 aliphatic heterocycles. The highest BCUT2D eigenvalue weighted by atomic mass is 19.4. The van der Waals surface area contributed by atoms with Crippen LogP contribution in [-0.2, 0) is 11.2 Å². The third-order valence-electron chi connectivity index (χ3n) is 3.49. The molecule has 0 saturated carbocycles. The summed E-state index contributed by atoms with van der Waals surface area (Å²) >= 11 is 0. The van der Waals surface area contributed by atoms with E-state index in [0.717, 1.165) is 31.4 Å². The van der Waals surface area contributed by atoms with E-state index in [-0.39, 0.29) is 17.9 Å². The number of halogens is 3. The average molecular weight is 304 g/mol. The lowest BCUT2D eigenvalue weighted by atomic mass is 9.96. The summed E-state index contributed by atoms with van der Waals surface area (Å²) in [5, 5.41) is 0. The predicted molar refractivity (Wildman–Crippen MR) is 71.5 cm³/mol. The van der Waals surface area contributed by atoms with Crippen LogP contribution >= 0.6 is 0 Å². The smallest absolute Gasteiger partial charge is 0.406 e. The molecule has 1 aromatic rings. The molecular weight excluding hydrogens is 285 g/mol. The van der Waals surface area contributed by atoms with Gasteiger partial charge in [-0.3, -0.25) is 11.3 Å². The molecule has 118 valence electrons. The fourth-order valence-corrected chi connectivity index (χ4v) is 2.46. The van der Waals surface area contributed by atoms with Crippen molar-refractivity contribution < 1.29 is 22.6 Å². The van der Waals surface area contributed by atoms with Crippen LogP contribution in [0.4, 0.5) is 13.2 Å². The van der Waals surface area contributed by atoms with Crippen molar-refractivity contribution in [2.24, 2.45) is 5.84 Å². The molecule has 0 aromatic heterocycles. The molecule has 2 rings (SSSR count). The van der Waals surface area contributed by atoms with Gasteiger partial charge < -0.3 is 9.47 Å². The Morgan fingerprint density at radius 2 is 2.00 bits per heavy atom. The number of hydrogen-bond donors (Lipinski definition) is 2. The lowest BCUT2D eigenvalue weighted by molar-refractivity contribution is -0.274. The Morgan fingerprint density at radius 3 is 2.52 bits per heavy atom. The van der Waals surface area contributed by atoms with E-state index in [9.17, 15) is 13.2 Å². The molecule has 3 N–H and O–H groups in total. The van der Waals surface area contributed by atoms with Crippen molar-refractivity contribution >= 4 is 0 Å². The summed E-state index contributed by atoms with van der Waals surface area (Å²) in [6, 6.07) is 5.76. The van der Waals surface area contributed by atoms with Crippen molar-refractivity contribution in [3.63, 3.8) is 0 Å². The Kier molecular flexibility index (Phi) is 5.44. The highest BCUT2D eigenvalue weighted by molar-refractivity contribution is 5.28. The van der Waals surface area contributed by atoms with Crippen LogP contribution in [0.1, 0.15) is 24.8 Å². The van der Waals surface area contributed by atoms with Gasteiger partial charge >= 0.3 is 6.36 Å². The van der Waals surface area contributed by atoms with Gasteiger partial charge in [0, 0.05) is 6.61 Å². The van der Waals surface area contributed by atoms with Gasteiger partial charge in [-0.05, 0) is 43.4 Å². The summed E-state index contributed by atoms with van der Waals surface area (Å²) < 4.78 is 45.8. The lowest BCUT2D eigenvalue weighted by Gasteiger charge is -2.30. The summed E-state index contributed by atoms with van der Waals surface area (Å²) in [6.07, 6.45) is -0.954. The fraction of sp³-hybridized carbons (Fsp3) is 0.571. The number of hydrazine groups is 1. The zero-order chi connectivity index (χ0) is 15.3. The second-order valence-corrected chi connectivity index (χ2v) is 5.07.